The summed E-state index contributed by atoms with van der Waals surface area (Å²) in [5.74, 6) is -1.21. The number of thiophene rings is 1. The number of hydrogen-bond donors (Lipinski definition) is 1. The predicted molar refractivity (Wildman–Crippen MR) is 74.8 cm³/mol. The molecule has 3 aromatic heterocycles. The molecule has 0 aromatic carbocycles. The summed E-state index contributed by atoms with van der Waals surface area (Å²) < 4.78 is 38.4. The van der Waals surface area contributed by atoms with Crippen molar-refractivity contribution in [3.05, 3.63) is 47.2 Å². The first-order chi connectivity index (χ1) is 10.4. The fourth-order valence-electron chi connectivity index (χ4n) is 2.07. The largest absolute Gasteiger partial charge is 0.477 e. The van der Waals surface area contributed by atoms with Gasteiger partial charge >= 0.3 is 12.1 Å². The van der Waals surface area contributed by atoms with E-state index in [1.807, 2.05) is 0 Å². The first-order valence-electron chi connectivity index (χ1n) is 6.01. The number of carboxylic acids is 1. The minimum atomic E-state index is -4.52. The van der Waals surface area contributed by atoms with E-state index in [0.29, 0.717) is 17.3 Å². The second-order valence-corrected chi connectivity index (χ2v) is 5.47. The molecule has 0 saturated heterocycles. The highest BCUT2D eigenvalue weighted by atomic mass is 32.1. The highest BCUT2D eigenvalue weighted by Gasteiger charge is 2.32. The molecule has 8 heteroatoms. The number of rotatable bonds is 2. The summed E-state index contributed by atoms with van der Waals surface area (Å²) in [7, 11) is 0. The van der Waals surface area contributed by atoms with Crippen molar-refractivity contribution in [3.63, 3.8) is 0 Å². The van der Waals surface area contributed by atoms with Crippen molar-refractivity contribution in [3.8, 4) is 11.1 Å². The predicted octanol–water partition coefficient (Wildman–Crippen LogP) is 4.08. The molecule has 0 aliphatic rings. The fourth-order valence-corrected chi connectivity index (χ4v) is 3.13. The third-order valence-electron chi connectivity index (χ3n) is 3.02. The lowest BCUT2D eigenvalue weighted by Gasteiger charge is -2.06. The van der Waals surface area contributed by atoms with Gasteiger partial charge in [0.2, 0.25) is 0 Å². The van der Waals surface area contributed by atoms with Crippen LogP contribution in [0.1, 0.15) is 15.2 Å². The Morgan fingerprint density at radius 2 is 1.91 bits per heavy atom. The lowest BCUT2D eigenvalue weighted by Crippen LogP contribution is -2.04. The molecule has 0 spiro atoms. The van der Waals surface area contributed by atoms with Crippen molar-refractivity contribution in [2.45, 2.75) is 6.18 Å². The fraction of sp³-hybridized carbons (Fsp3) is 0.0714. The number of halogens is 3. The van der Waals surface area contributed by atoms with E-state index < -0.39 is 17.7 Å². The molecule has 3 heterocycles. The maximum atomic E-state index is 12.7. The number of carbonyl (C=O) groups is 1. The summed E-state index contributed by atoms with van der Waals surface area (Å²) >= 11 is 0.775. The number of carboxylic acid groups (broad SMARTS) is 1. The van der Waals surface area contributed by atoms with Gasteiger partial charge in [0.1, 0.15) is 4.88 Å². The summed E-state index contributed by atoms with van der Waals surface area (Å²) in [6.45, 7) is 0. The molecule has 22 heavy (non-hydrogen) atoms. The lowest BCUT2D eigenvalue weighted by atomic mass is 10.1. The van der Waals surface area contributed by atoms with Crippen LogP contribution in [0.25, 0.3) is 21.3 Å². The molecule has 0 fully saturated rings. The Labute approximate surface area is 125 Å². The average Bonchev–Trinajstić information content (AvgIpc) is 2.86. The van der Waals surface area contributed by atoms with Gasteiger partial charge in [0.25, 0.3) is 0 Å². The van der Waals surface area contributed by atoms with Crippen LogP contribution in [-0.2, 0) is 6.18 Å². The van der Waals surface area contributed by atoms with Crippen molar-refractivity contribution in [1.29, 1.82) is 0 Å². The average molecular weight is 324 g/mol. The summed E-state index contributed by atoms with van der Waals surface area (Å²) in [5.41, 5.74) is 0.190. The Bertz CT molecular complexity index is 860. The van der Waals surface area contributed by atoms with Gasteiger partial charge in [-0.15, -0.1) is 11.3 Å². The van der Waals surface area contributed by atoms with Crippen LogP contribution in [0.3, 0.4) is 0 Å². The topological polar surface area (TPSA) is 63.1 Å². The Morgan fingerprint density at radius 3 is 2.50 bits per heavy atom. The second kappa shape index (κ2) is 5.06. The van der Waals surface area contributed by atoms with Crippen molar-refractivity contribution < 1.29 is 23.1 Å². The maximum Gasteiger partial charge on any atom is 0.417 e. The van der Waals surface area contributed by atoms with Crippen molar-refractivity contribution in [1.82, 2.24) is 9.97 Å². The summed E-state index contributed by atoms with van der Waals surface area (Å²) in [4.78, 5) is 19.0. The number of nitrogens with zero attached hydrogens (tertiary/aromatic N) is 2. The van der Waals surface area contributed by atoms with Crippen molar-refractivity contribution in [2.24, 2.45) is 0 Å². The van der Waals surface area contributed by atoms with E-state index in [1.54, 1.807) is 12.1 Å². The first-order valence-corrected chi connectivity index (χ1v) is 6.83. The first kappa shape index (κ1) is 14.5. The molecule has 0 amide bonds. The minimum Gasteiger partial charge on any atom is -0.477 e. The smallest absolute Gasteiger partial charge is 0.417 e. The molecule has 0 radical (unpaired) electrons. The summed E-state index contributed by atoms with van der Waals surface area (Å²) in [6, 6.07) is 4.10. The van der Waals surface area contributed by atoms with Crippen LogP contribution in [-0.4, -0.2) is 21.0 Å². The number of pyridine rings is 2. The van der Waals surface area contributed by atoms with Gasteiger partial charge in [-0.05, 0) is 23.8 Å². The summed E-state index contributed by atoms with van der Waals surface area (Å²) in [5, 5.41) is 9.30. The van der Waals surface area contributed by atoms with Gasteiger partial charge in [-0.1, -0.05) is 0 Å². The Hall–Kier alpha value is -2.48. The summed E-state index contributed by atoms with van der Waals surface area (Å²) in [6.07, 6.45) is -0.847. The van der Waals surface area contributed by atoms with Gasteiger partial charge in [0.15, 0.2) is 0 Å². The van der Waals surface area contributed by atoms with Crippen molar-refractivity contribution in [2.75, 3.05) is 0 Å². The molecular formula is C14H7F3N2O2S. The van der Waals surface area contributed by atoms with E-state index in [0.717, 1.165) is 17.4 Å². The number of fused-ring (bicyclic) bond motifs is 1. The molecule has 112 valence electrons. The van der Waals surface area contributed by atoms with Crippen LogP contribution >= 0.6 is 11.3 Å². The van der Waals surface area contributed by atoms with Crippen LogP contribution in [0.15, 0.2) is 36.8 Å². The standard InChI is InChI=1S/C14H7F3N2O2S/c15-14(16,17)8-5-9-11(19-6-8)10(12(22-9)13(20)21)7-1-3-18-4-2-7/h1-6H,(H,20,21). The molecule has 0 atom stereocenters. The van der Waals surface area contributed by atoms with E-state index in [9.17, 15) is 23.1 Å². The van der Waals surface area contributed by atoms with Gasteiger partial charge in [-0.2, -0.15) is 13.2 Å². The number of aromatic carboxylic acids is 1. The Morgan fingerprint density at radius 1 is 1.23 bits per heavy atom. The quantitative estimate of drug-likeness (QED) is 0.771. The molecular weight excluding hydrogens is 317 g/mol. The third kappa shape index (κ3) is 2.41. The lowest BCUT2D eigenvalue weighted by molar-refractivity contribution is -0.137. The monoisotopic (exact) mass is 324 g/mol. The number of aromatic nitrogens is 2. The van der Waals surface area contributed by atoms with Gasteiger partial charge in [0, 0.05) is 24.2 Å². The van der Waals surface area contributed by atoms with Gasteiger partial charge in [-0.25, -0.2) is 4.79 Å². The molecule has 1 N–H and O–H groups in total. The molecule has 3 aromatic rings. The van der Waals surface area contributed by atoms with Gasteiger partial charge < -0.3 is 5.11 Å². The molecule has 0 saturated carbocycles. The normalized spacial score (nSPS) is 11.8. The minimum absolute atomic E-state index is 0.0481. The van der Waals surface area contributed by atoms with E-state index in [2.05, 4.69) is 9.97 Å². The van der Waals surface area contributed by atoms with Crippen LogP contribution in [0.2, 0.25) is 0 Å². The van der Waals surface area contributed by atoms with E-state index in [1.165, 1.54) is 12.4 Å². The molecule has 4 nitrogen and oxygen atoms in total. The van der Waals surface area contributed by atoms with Gasteiger partial charge in [0.05, 0.1) is 15.8 Å². The highest BCUT2D eigenvalue weighted by Crippen LogP contribution is 2.40. The molecule has 3 rings (SSSR count). The molecule has 0 bridgehead atoms. The molecule has 0 aliphatic carbocycles. The Balaban J connectivity index is 2.31. The van der Waals surface area contributed by atoms with E-state index in [-0.39, 0.29) is 15.1 Å². The third-order valence-corrected chi connectivity index (χ3v) is 4.13. The van der Waals surface area contributed by atoms with Crippen LogP contribution < -0.4 is 0 Å². The van der Waals surface area contributed by atoms with Crippen LogP contribution in [0.5, 0.6) is 0 Å². The Kier molecular flexibility index (Phi) is 3.32. The number of hydrogen-bond acceptors (Lipinski definition) is 4. The number of alkyl halides is 3. The molecule has 0 unspecified atom stereocenters. The zero-order valence-electron chi connectivity index (χ0n) is 10.8. The molecule has 0 aliphatic heterocycles. The van der Waals surface area contributed by atoms with Crippen LogP contribution in [0, 0.1) is 0 Å². The van der Waals surface area contributed by atoms with E-state index >= 15 is 0 Å². The SMILES string of the molecule is O=C(O)c1sc2cc(C(F)(F)F)cnc2c1-c1ccncc1. The zero-order valence-corrected chi connectivity index (χ0v) is 11.6. The maximum absolute atomic E-state index is 12.7. The van der Waals surface area contributed by atoms with E-state index in [4.69, 9.17) is 0 Å². The highest BCUT2D eigenvalue weighted by molar-refractivity contribution is 7.21. The second-order valence-electron chi connectivity index (χ2n) is 4.42. The van der Waals surface area contributed by atoms with Crippen LogP contribution in [0.4, 0.5) is 13.2 Å². The van der Waals surface area contributed by atoms with Crippen molar-refractivity contribution >= 4 is 27.5 Å². The zero-order chi connectivity index (χ0) is 15.9. The van der Waals surface area contributed by atoms with Gasteiger partial charge in [-0.3, -0.25) is 9.97 Å².